The maximum Gasteiger partial charge on any atom is 0.279 e. The van der Waals surface area contributed by atoms with Crippen LogP contribution in [0.3, 0.4) is 0 Å². The van der Waals surface area contributed by atoms with Crippen LogP contribution in [0.15, 0.2) is 18.2 Å². The quantitative estimate of drug-likeness (QED) is 0.537. The summed E-state index contributed by atoms with van der Waals surface area (Å²) in [6.45, 7) is 15.4. The lowest BCUT2D eigenvalue weighted by atomic mass is 9.76. The molecule has 3 nitrogen and oxygen atoms in total. The van der Waals surface area contributed by atoms with Crippen molar-refractivity contribution in [2.75, 3.05) is 0 Å². The van der Waals surface area contributed by atoms with E-state index in [4.69, 9.17) is 10.5 Å². The normalized spacial score (nSPS) is 13.6. The van der Waals surface area contributed by atoms with Crippen molar-refractivity contribution in [3.05, 3.63) is 29.3 Å². The van der Waals surface area contributed by atoms with Gasteiger partial charge in [0.2, 0.25) is 0 Å². The van der Waals surface area contributed by atoms with Crippen LogP contribution in [-0.2, 0) is 15.6 Å². The second-order valence-electron chi connectivity index (χ2n) is 8.30. The first-order valence-electron chi connectivity index (χ1n) is 9.66. The van der Waals surface area contributed by atoms with Crippen molar-refractivity contribution < 1.29 is 9.53 Å². The molecule has 1 amide bonds. The van der Waals surface area contributed by atoms with E-state index >= 15 is 0 Å². The van der Waals surface area contributed by atoms with Crippen molar-refractivity contribution in [1.82, 2.24) is 5.73 Å². The number of hydrogen-bond donors (Lipinski definition) is 0. The van der Waals surface area contributed by atoms with Crippen molar-refractivity contribution in [2.24, 2.45) is 0 Å². The Morgan fingerprint density at radius 1 is 1.08 bits per heavy atom. The van der Waals surface area contributed by atoms with E-state index in [-0.39, 0.29) is 10.8 Å². The number of carbonyl (C=O) groups is 1. The summed E-state index contributed by atoms with van der Waals surface area (Å²) in [6, 6.07) is 6.36. The van der Waals surface area contributed by atoms with Crippen LogP contribution < -0.4 is 10.5 Å². The molecule has 0 heterocycles. The van der Waals surface area contributed by atoms with Crippen molar-refractivity contribution in [3.8, 4) is 5.75 Å². The number of ether oxygens (including phenoxy) is 1. The number of rotatable bonds is 10. The SMILES string of the molecule is CCCCC(Oc1ccc(C(C)(C)CC)cc1C(C)(C)CC)C([NH])=O. The fourth-order valence-corrected chi connectivity index (χ4v) is 2.76. The molecule has 0 bridgehead atoms. The van der Waals surface area contributed by atoms with Gasteiger partial charge in [-0.1, -0.05) is 67.0 Å². The van der Waals surface area contributed by atoms with Crippen LogP contribution in [0.1, 0.15) is 91.7 Å². The number of unbranched alkanes of at least 4 members (excludes halogenated alkanes) is 1. The maximum atomic E-state index is 11.7. The molecule has 1 unspecified atom stereocenters. The van der Waals surface area contributed by atoms with E-state index in [0.29, 0.717) is 6.42 Å². The first-order valence-corrected chi connectivity index (χ1v) is 9.66. The van der Waals surface area contributed by atoms with Gasteiger partial charge >= 0.3 is 0 Å². The van der Waals surface area contributed by atoms with Gasteiger partial charge in [0.15, 0.2) is 6.10 Å². The molecule has 1 aromatic rings. The number of benzene rings is 1. The summed E-state index contributed by atoms with van der Waals surface area (Å²) in [7, 11) is 0. The zero-order valence-electron chi connectivity index (χ0n) is 17.2. The van der Waals surface area contributed by atoms with Gasteiger partial charge < -0.3 is 4.74 Å². The van der Waals surface area contributed by atoms with Gasteiger partial charge in [-0.25, -0.2) is 0 Å². The molecule has 0 aliphatic heterocycles. The second kappa shape index (κ2) is 8.73. The number of carbonyl (C=O) groups excluding carboxylic acids is 1. The van der Waals surface area contributed by atoms with Crippen LogP contribution >= 0.6 is 0 Å². The first kappa shape index (κ1) is 21.5. The molecular formula is C22H36NO2. The molecule has 1 radical (unpaired) electrons. The molecule has 0 saturated heterocycles. The van der Waals surface area contributed by atoms with E-state index in [0.717, 1.165) is 37.0 Å². The smallest absolute Gasteiger partial charge is 0.279 e. The van der Waals surface area contributed by atoms with E-state index in [2.05, 4.69) is 60.6 Å². The van der Waals surface area contributed by atoms with E-state index < -0.39 is 12.0 Å². The zero-order chi connectivity index (χ0) is 19.3. The predicted molar refractivity (Wildman–Crippen MR) is 105 cm³/mol. The molecular weight excluding hydrogens is 310 g/mol. The molecule has 25 heavy (non-hydrogen) atoms. The molecule has 141 valence electrons. The first-order chi connectivity index (χ1) is 11.6. The molecule has 0 fully saturated rings. The molecule has 0 saturated carbocycles. The molecule has 1 rings (SSSR count). The summed E-state index contributed by atoms with van der Waals surface area (Å²) >= 11 is 0. The number of hydrogen-bond acceptors (Lipinski definition) is 2. The Hall–Kier alpha value is -1.51. The predicted octanol–water partition coefficient (Wildman–Crippen LogP) is 5.81. The Balaban J connectivity index is 3.32. The third-order valence-corrected chi connectivity index (χ3v) is 5.64. The largest absolute Gasteiger partial charge is 0.480 e. The average Bonchev–Trinajstić information content (AvgIpc) is 2.58. The molecule has 0 spiro atoms. The van der Waals surface area contributed by atoms with Gasteiger partial charge in [0.1, 0.15) is 5.75 Å². The molecule has 0 aliphatic carbocycles. The van der Waals surface area contributed by atoms with Crippen molar-refractivity contribution in [3.63, 3.8) is 0 Å². The standard InChI is InChI=1S/C22H36NO2/c1-8-11-12-19(20(23)24)25-18-14-13-16(21(4,5)9-2)15-17(18)22(6,7)10-3/h13-15,19,23H,8-12H2,1-7H3. The average molecular weight is 347 g/mol. The molecule has 1 aromatic carbocycles. The maximum absolute atomic E-state index is 11.7. The number of nitrogens with one attached hydrogen (secondary N) is 1. The summed E-state index contributed by atoms with van der Waals surface area (Å²) in [4.78, 5) is 11.7. The Bertz CT molecular complexity index is 575. The summed E-state index contributed by atoms with van der Waals surface area (Å²) < 4.78 is 6.06. The Labute approximate surface area is 154 Å². The van der Waals surface area contributed by atoms with Crippen molar-refractivity contribution >= 4 is 5.91 Å². The van der Waals surface area contributed by atoms with E-state index in [1.54, 1.807) is 0 Å². The fourth-order valence-electron chi connectivity index (χ4n) is 2.76. The minimum atomic E-state index is -0.670. The minimum absolute atomic E-state index is 0.0461. The van der Waals surface area contributed by atoms with Crippen molar-refractivity contribution in [1.29, 1.82) is 0 Å². The van der Waals surface area contributed by atoms with Gasteiger partial charge in [-0.15, -0.1) is 0 Å². The Morgan fingerprint density at radius 2 is 1.68 bits per heavy atom. The van der Waals surface area contributed by atoms with Crippen LogP contribution in [0, 0.1) is 0 Å². The van der Waals surface area contributed by atoms with Gasteiger partial charge in [0.05, 0.1) is 0 Å². The van der Waals surface area contributed by atoms with Crippen LogP contribution in [0.5, 0.6) is 5.75 Å². The van der Waals surface area contributed by atoms with Gasteiger partial charge in [-0.05, 0) is 48.1 Å². The van der Waals surface area contributed by atoms with Crippen molar-refractivity contribution in [2.45, 2.75) is 97.5 Å². The van der Waals surface area contributed by atoms with E-state index in [1.807, 2.05) is 6.07 Å². The minimum Gasteiger partial charge on any atom is -0.480 e. The molecule has 0 aliphatic rings. The highest BCUT2D eigenvalue weighted by Crippen LogP contribution is 2.39. The van der Waals surface area contributed by atoms with Crippen LogP contribution in [0.4, 0.5) is 0 Å². The summed E-state index contributed by atoms with van der Waals surface area (Å²) in [5.74, 6) is 0.121. The zero-order valence-corrected chi connectivity index (χ0v) is 17.2. The number of amides is 1. The topological polar surface area (TPSA) is 50.1 Å². The lowest BCUT2D eigenvalue weighted by Gasteiger charge is -2.31. The van der Waals surface area contributed by atoms with Crippen LogP contribution in [-0.4, -0.2) is 12.0 Å². The van der Waals surface area contributed by atoms with Gasteiger partial charge in [-0.3, -0.25) is 10.5 Å². The fraction of sp³-hybridized carbons (Fsp3) is 0.682. The lowest BCUT2D eigenvalue weighted by Crippen LogP contribution is -2.30. The van der Waals surface area contributed by atoms with Gasteiger partial charge in [-0.2, -0.15) is 0 Å². The molecule has 1 N–H and O–H groups in total. The highest BCUT2D eigenvalue weighted by molar-refractivity contribution is 5.78. The van der Waals surface area contributed by atoms with E-state index in [1.165, 1.54) is 5.56 Å². The molecule has 1 atom stereocenters. The second-order valence-corrected chi connectivity index (χ2v) is 8.30. The monoisotopic (exact) mass is 346 g/mol. The summed E-state index contributed by atoms with van der Waals surface area (Å²) in [5, 5.41) is 0. The van der Waals surface area contributed by atoms with Gasteiger partial charge in [0.25, 0.3) is 5.91 Å². The third kappa shape index (κ3) is 5.49. The molecule has 3 heteroatoms. The highest BCUT2D eigenvalue weighted by Gasteiger charge is 2.28. The van der Waals surface area contributed by atoms with Crippen LogP contribution in [0.25, 0.3) is 0 Å². The third-order valence-electron chi connectivity index (χ3n) is 5.64. The molecule has 0 aromatic heterocycles. The Kier molecular flexibility index (Phi) is 7.52. The van der Waals surface area contributed by atoms with Crippen LogP contribution in [0.2, 0.25) is 0 Å². The van der Waals surface area contributed by atoms with E-state index in [9.17, 15) is 4.79 Å². The lowest BCUT2D eigenvalue weighted by molar-refractivity contribution is -0.125. The summed E-state index contributed by atoms with van der Waals surface area (Å²) in [6.07, 6.45) is 3.85. The summed E-state index contributed by atoms with van der Waals surface area (Å²) in [5.41, 5.74) is 10.0. The van der Waals surface area contributed by atoms with Gasteiger partial charge in [0, 0.05) is 5.56 Å². The Morgan fingerprint density at radius 3 is 2.16 bits per heavy atom. The highest BCUT2D eigenvalue weighted by atomic mass is 16.5.